The zero-order valence-electron chi connectivity index (χ0n) is 11.6. The maximum Gasteiger partial charge on any atom is 0.166 e. The van der Waals surface area contributed by atoms with Crippen LogP contribution in [0.3, 0.4) is 0 Å². The molecule has 0 aromatic heterocycles. The van der Waals surface area contributed by atoms with Gasteiger partial charge in [-0.1, -0.05) is 19.6 Å². The average molecular weight is 298 g/mol. The molecule has 3 rings (SSSR count). The van der Waals surface area contributed by atoms with E-state index in [1.165, 1.54) is 6.42 Å². The predicted molar refractivity (Wildman–Crippen MR) is 86.5 cm³/mol. The first-order valence-corrected chi connectivity index (χ1v) is 7.30. The second-order valence-electron chi connectivity index (χ2n) is 5.40. The molecule has 5 heteroatoms. The maximum absolute atomic E-state index is 5.64. The topological polar surface area (TPSA) is 65.7 Å². The molecule has 0 amide bonds. The fraction of sp³-hybridized carbons (Fsp3) is 0.625. The molecule has 2 atom stereocenters. The van der Waals surface area contributed by atoms with E-state index >= 15 is 0 Å². The Kier molecular flexibility index (Phi) is 5.85. The fourth-order valence-corrected chi connectivity index (χ4v) is 2.65. The first-order valence-electron chi connectivity index (χ1n) is 7.30. The summed E-state index contributed by atoms with van der Waals surface area (Å²) in [5.74, 6) is 3.15. The molecule has 21 heavy (non-hydrogen) atoms. The number of para-hydroxylation sites is 1. The van der Waals surface area contributed by atoms with Gasteiger partial charge in [-0.2, -0.15) is 0 Å². The summed E-state index contributed by atoms with van der Waals surface area (Å²) >= 11 is 0. The first-order chi connectivity index (χ1) is 9.88. The molecular weight excluding hydrogens is 268 g/mol. The Bertz CT molecular complexity index is 463. The van der Waals surface area contributed by atoms with Crippen LogP contribution < -0.4 is 20.7 Å². The number of nitrogens with one attached hydrogen (secondary N) is 1. The number of hydrogen-bond donors (Lipinski definition) is 2. The molecule has 1 aromatic rings. The number of hydrogen-bond acceptors (Lipinski definition) is 5. The van der Waals surface area contributed by atoms with Gasteiger partial charge < -0.3 is 15.2 Å². The van der Waals surface area contributed by atoms with Gasteiger partial charge in [-0.05, 0) is 37.3 Å². The lowest BCUT2D eigenvalue weighted by molar-refractivity contribution is 0.0244. The van der Waals surface area contributed by atoms with E-state index in [4.69, 9.17) is 20.0 Å². The Morgan fingerprint density at radius 2 is 2.14 bits per heavy atom. The van der Waals surface area contributed by atoms with Gasteiger partial charge in [-0.15, -0.1) is 0 Å². The summed E-state index contributed by atoms with van der Waals surface area (Å²) in [6, 6.07) is 5.88. The zero-order chi connectivity index (χ0) is 13.8. The lowest BCUT2D eigenvalue weighted by Crippen LogP contribution is -2.19. The smallest absolute Gasteiger partial charge is 0.166 e. The highest BCUT2D eigenvalue weighted by molar-refractivity contribution is 5.47. The molecule has 3 N–H and O–H groups in total. The lowest BCUT2D eigenvalue weighted by atomic mass is 10.2. The summed E-state index contributed by atoms with van der Waals surface area (Å²) < 4.78 is 11.2. The molecule has 0 bridgehead atoms. The molecule has 1 saturated carbocycles. The molecular formula is C16H30N2O3. The van der Waals surface area contributed by atoms with E-state index < -0.39 is 0 Å². The summed E-state index contributed by atoms with van der Waals surface area (Å²) in [6.45, 7) is 3.38. The third kappa shape index (κ3) is 4.09. The van der Waals surface area contributed by atoms with Gasteiger partial charge >= 0.3 is 0 Å². The second kappa shape index (κ2) is 7.64. The van der Waals surface area contributed by atoms with Gasteiger partial charge in [0.2, 0.25) is 0 Å². The van der Waals surface area contributed by atoms with Gasteiger partial charge in [-0.3, -0.25) is 4.84 Å². The van der Waals surface area contributed by atoms with Crippen molar-refractivity contribution in [1.82, 2.24) is 5.48 Å². The molecule has 0 saturated heterocycles. The van der Waals surface area contributed by atoms with Gasteiger partial charge in [0.05, 0.1) is 6.61 Å². The summed E-state index contributed by atoms with van der Waals surface area (Å²) in [5.41, 5.74) is 9.65. The number of fused-ring (bicyclic) bond motifs is 1. The standard InChI is InChI=1S/C15H22N2O3.CH4.2H2/c16-9-13-8-11(13)4-5-17-20-10-12-2-1-3-14-15(12)19-7-6-18-14;;;/h1-3,11,13,17H,4-10,16H2;1H4;2*1H. The Morgan fingerprint density at radius 3 is 2.95 bits per heavy atom. The largest absolute Gasteiger partial charge is 0.486 e. The van der Waals surface area contributed by atoms with Crippen molar-refractivity contribution in [3.8, 4) is 11.5 Å². The van der Waals surface area contributed by atoms with E-state index in [2.05, 4.69) is 5.48 Å². The van der Waals surface area contributed by atoms with Crippen LogP contribution in [0.25, 0.3) is 0 Å². The van der Waals surface area contributed by atoms with E-state index in [0.29, 0.717) is 19.8 Å². The van der Waals surface area contributed by atoms with Crippen molar-refractivity contribution in [3.63, 3.8) is 0 Å². The van der Waals surface area contributed by atoms with Crippen LogP contribution in [0.5, 0.6) is 11.5 Å². The molecule has 1 aliphatic heterocycles. The Balaban J connectivity index is 0.00000161. The number of rotatable bonds is 7. The normalized spacial score (nSPS) is 22.5. The van der Waals surface area contributed by atoms with Gasteiger partial charge in [0.15, 0.2) is 11.5 Å². The van der Waals surface area contributed by atoms with Crippen LogP contribution in [0.4, 0.5) is 0 Å². The first kappa shape index (κ1) is 16.1. The van der Waals surface area contributed by atoms with Crippen LogP contribution in [0.2, 0.25) is 0 Å². The zero-order valence-corrected chi connectivity index (χ0v) is 11.6. The molecule has 0 radical (unpaired) electrons. The second-order valence-corrected chi connectivity index (χ2v) is 5.40. The van der Waals surface area contributed by atoms with Crippen LogP contribution in [0.15, 0.2) is 18.2 Å². The van der Waals surface area contributed by atoms with E-state index in [1.807, 2.05) is 18.2 Å². The van der Waals surface area contributed by atoms with Gasteiger partial charge in [-0.25, -0.2) is 5.48 Å². The lowest BCUT2D eigenvalue weighted by Gasteiger charge is -2.20. The van der Waals surface area contributed by atoms with Crippen LogP contribution >= 0.6 is 0 Å². The molecule has 2 aliphatic rings. The number of nitrogens with two attached hydrogens (primary N) is 1. The summed E-state index contributed by atoms with van der Waals surface area (Å²) in [4.78, 5) is 5.52. The Hall–Kier alpha value is -1.30. The van der Waals surface area contributed by atoms with Crippen molar-refractivity contribution >= 4 is 0 Å². The van der Waals surface area contributed by atoms with Gasteiger partial charge in [0.25, 0.3) is 0 Å². The number of ether oxygens (including phenoxy) is 2. The number of benzene rings is 1. The highest BCUT2D eigenvalue weighted by atomic mass is 16.6. The summed E-state index contributed by atoms with van der Waals surface area (Å²) in [6.07, 6.45) is 2.41. The third-order valence-corrected chi connectivity index (χ3v) is 3.97. The van der Waals surface area contributed by atoms with Gasteiger partial charge in [0.1, 0.15) is 13.2 Å². The average Bonchev–Trinajstić information content (AvgIpc) is 3.26. The van der Waals surface area contributed by atoms with Crippen molar-refractivity contribution in [2.75, 3.05) is 26.3 Å². The Labute approximate surface area is 129 Å². The van der Waals surface area contributed by atoms with Crippen LogP contribution in [-0.4, -0.2) is 26.3 Å². The Morgan fingerprint density at radius 1 is 1.29 bits per heavy atom. The number of hydroxylamine groups is 1. The highest BCUT2D eigenvalue weighted by Crippen LogP contribution is 2.39. The molecule has 1 fully saturated rings. The highest BCUT2D eigenvalue weighted by Gasteiger charge is 2.34. The van der Waals surface area contributed by atoms with Crippen LogP contribution in [-0.2, 0) is 11.4 Å². The molecule has 2 unspecified atom stereocenters. The molecule has 5 nitrogen and oxygen atoms in total. The minimum absolute atomic E-state index is 0. The minimum Gasteiger partial charge on any atom is -0.486 e. The fourth-order valence-electron chi connectivity index (χ4n) is 2.65. The van der Waals surface area contributed by atoms with Crippen molar-refractivity contribution in [3.05, 3.63) is 23.8 Å². The van der Waals surface area contributed by atoms with Gasteiger partial charge in [0, 0.05) is 15.0 Å². The van der Waals surface area contributed by atoms with Crippen molar-refractivity contribution in [2.45, 2.75) is 26.9 Å². The molecule has 1 aromatic carbocycles. The van der Waals surface area contributed by atoms with Crippen molar-refractivity contribution in [2.24, 2.45) is 17.6 Å². The molecule has 1 heterocycles. The predicted octanol–water partition coefficient (Wildman–Crippen LogP) is 2.59. The molecule has 0 spiro atoms. The monoisotopic (exact) mass is 298 g/mol. The van der Waals surface area contributed by atoms with E-state index in [-0.39, 0.29) is 10.3 Å². The summed E-state index contributed by atoms with van der Waals surface area (Å²) in [7, 11) is 0. The summed E-state index contributed by atoms with van der Waals surface area (Å²) in [5, 5.41) is 0. The van der Waals surface area contributed by atoms with E-state index in [9.17, 15) is 0 Å². The van der Waals surface area contributed by atoms with Crippen LogP contribution in [0, 0.1) is 11.8 Å². The van der Waals surface area contributed by atoms with Crippen molar-refractivity contribution < 1.29 is 17.2 Å². The molecule has 1 aliphatic carbocycles. The minimum atomic E-state index is 0. The van der Waals surface area contributed by atoms with Crippen LogP contribution in [0.1, 0.15) is 28.7 Å². The SMILES string of the molecule is C.NCC1CC1CCNOCc1cccc2c1OCCO2.[HH].[HH]. The van der Waals surface area contributed by atoms with E-state index in [0.717, 1.165) is 48.4 Å². The van der Waals surface area contributed by atoms with E-state index in [1.54, 1.807) is 0 Å². The maximum atomic E-state index is 5.64. The quantitative estimate of drug-likeness (QED) is 0.598. The van der Waals surface area contributed by atoms with Crippen molar-refractivity contribution in [1.29, 1.82) is 0 Å². The third-order valence-electron chi connectivity index (χ3n) is 3.97. The molecule has 122 valence electrons.